The lowest BCUT2D eigenvalue weighted by molar-refractivity contribution is 0.429. The van der Waals surface area contributed by atoms with Gasteiger partial charge in [0.25, 0.3) is 0 Å². The van der Waals surface area contributed by atoms with Crippen LogP contribution in [0.3, 0.4) is 0 Å². The predicted molar refractivity (Wildman–Crippen MR) is 90.8 cm³/mol. The van der Waals surface area contributed by atoms with Crippen LogP contribution in [0.2, 0.25) is 0 Å². The molecule has 2 aromatic rings. The minimum absolute atomic E-state index is 0.514. The van der Waals surface area contributed by atoms with Crippen molar-refractivity contribution in [2.75, 3.05) is 18.4 Å². The number of anilines is 1. The van der Waals surface area contributed by atoms with Crippen molar-refractivity contribution in [3.8, 4) is 11.3 Å². The Kier molecular flexibility index (Phi) is 5.01. The fourth-order valence-corrected chi connectivity index (χ4v) is 3.11. The molecule has 4 heteroatoms. The monoisotopic (exact) mass is 296 g/mol. The van der Waals surface area contributed by atoms with Gasteiger partial charge in [0.2, 0.25) is 0 Å². The van der Waals surface area contributed by atoms with Crippen molar-refractivity contribution >= 4 is 5.69 Å². The van der Waals surface area contributed by atoms with E-state index in [9.17, 15) is 0 Å². The van der Waals surface area contributed by atoms with Crippen molar-refractivity contribution in [3.05, 3.63) is 42.4 Å². The fraction of sp³-hybridized carbons (Fsp3) is 0.444. The summed E-state index contributed by atoms with van der Waals surface area (Å²) in [6, 6.07) is 10.3. The van der Waals surface area contributed by atoms with Crippen LogP contribution in [0.4, 0.5) is 5.69 Å². The van der Waals surface area contributed by atoms with Gasteiger partial charge in [-0.25, -0.2) is 9.97 Å². The highest BCUT2D eigenvalue weighted by Crippen LogP contribution is 2.33. The van der Waals surface area contributed by atoms with Crippen molar-refractivity contribution < 1.29 is 0 Å². The van der Waals surface area contributed by atoms with Crippen molar-refractivity contribution in [2.24, 2.45) is 5.73 Å². The molecule has 0 amide bonds. The number of nitrogens with two attached hydrogens (primary N) is 1. The van der Waals surface area contributed by atoms with Gasteiger partial charge in [0.1, 0.15) is 5.82 Å². The molecule has 0 unspecified atom stereocenters. The van der Waals surface area contributed by atoms with Crippen LogP contribution in [0, 0.1) is 0 Å². The van der Waals surface area contributed by atoms with E-state index in [1.165, 1.54) is 32.1 Å². The van der Waals surface area contributed by atoms with Crippen molar-refractivity contribution in [1.82, 2.24) is 9.97 Å². The van der Waals surface area contributed by atoms with Gasteiger partial charge in [-0.1, -0.05) is 49.6 Å². The Morgan fingerprint density at radius 2 is 1.86 bits per heavy atom. The van der Waals surface area contributed by atoms with E-state index in [4.69, 9.17) is 10.7 Å². The van der Waals surface area contributed by atoms with Gasteiger partial charge in [-0.3, -0.25) is 0 Å². The molecular weight excluding hydrogens is 272 g/mol. The zero-order valence-corrected chi connectivity index (χ0v) is 13.0. The Morgan fingerprint density at radius 1 is 1.09 bits per heavy atom. The molecule has 1 saturated carbocycles. The number of rotatable bonds is 5. The zero-order valence-electron chi connectivity index (χ0n) is 13.0. The van der Waals surface area contributed by atoms with Crippen molar-refractivity contribution in [2.45, 2.75) is 38.0 Å². The van der Waals surface area contributed by atoms with Gasteiger partial charge in [0.15, 0.2) is 0 Å². The molecule has 0 atom stereocenters. The molecule has 0 aliphatic heterocycles. The second-order valence-electron chi connectivity index (χ2n) is 5.91. The molecule has 22 heavy (non-hydrogen) atoms. The third-order valence-corrected chi connectivity index (χ3v) is 4.28. The molecule has 1 fully saturated rings. The molecule has 1 aromatic heterocycles. The summed E-state index contributed by atoms with van der Waals surface area (Å²) >= 11 is 0. The van der Waals surface area contributed by atoms with Gasteiger partial charge in [-0.2, -0.15) is 0 Å². The number of hydrogen-bond donors (Lipinski definition) is 2. The molecule has 4 nitrogen and oxygen atoms in total. The maximum Gasteiger partial charge on any atom is 0.132 e. The lowest BCUT2D eigenvalue weighted by atomic mass is 9.88. The average molecular weight is 296 g/mol. The van der Waals surface area contributed by atoms with E-state index >= 15 is 0 Å². The van der Waals surface area contributed by atoms with E-state index in [2.05, 4.69) is 22.4 Å². The summed E-state index contributed by atoms with van der Waals surface area (Å²) < 4.78 is 0. The summed E-state index contributed by atoms with van der Waals surface area (Å²) in [6.07, 6.45) is 8.28. The third-order valence-electron chi connectivity index (χ3n) is 4.28. The molecule has 0 saturated heterocycles. The quantitative estimate of drug-likeness (QED) is 0.885. The van der Waals surface area contributed by atoms with Gasteiger partial charge in [-0.15, -0.1) is 0 Å². The summed E-state index contributed by atoms with van der Waals surface area (Å²) in [5.74, 6) is 1.51. The molecule has 0 bridgehead atoms. The first-order valence-corrected chi connectivity index (χ1v) is 8.25. The average Bonchev–Trinajstić information content (AvgIpc) is 2.61. The summed E-state index contributed by atoms with van der Waals surface area (Å²) in [5, 5.41) is 3.34. The predicted octanol–water partition coefficient (Wildman–Crippen LogP) is 3.56. The maximum atomic E-state index is 5.61. The third kappa shape index (κ3) is 3.45. The SMILES string of the molecule is NCCNc1cnc(C2CCCCC2)nc1-c1ccccc1. The molecule has 1 aromatic carbocycles. The van der Waals surface area contributed by atoms with Gasteiger partial charge in [-0.05, 0) is 12.8 Å². The van der Waals surface area contributed by atoms with E-state index in [1.54, 1.807) is 0 Å². The van der Waals surface area contributed by atoms with E-state index in [1.807, 2.05) is 24.4 Å². The number of aromatic nitrogens is 2. The van der Waals surface area contributed by atoms with Gasteiger partial charge in [0, 0.05) is 24.6 Å². The van der Waals surface area contributed by atoms with Crippen LogP contribution in [-0.4, -0.2) is 23.1 Å². The summed E-state index contributed by atoms with van der Waals surface area (Å²) in [7, 11) is 0. The molecule has 1 aliphatic carbocycles. The highest BCUT2D eigenvalue weighted by molar-refractivity contribution is 5.73. The normalized spacial score (nSPS) is 15.7. The molecule has 0 radical (unpaired) electrons. The van der Waals surface area contributed by atoms with Crippen LogP contribution >= 0.6 is 0 Å². The fourth-order valence-electron chi connectivity index (χ4n) is 3.11. The Labute approximate surface area is 132 Å². The van der Waals surface area contributed by atoms with Crippen LogP contribution in [0.15, 0.2) is 36.5 Å². The Balaban J connectivity index is 1.94. The second-order valence-corrected chi connectivity index (χ2v) is 5.91. The van der Waals surface area contributed by atoms with Crippen LogP contribution in [0.5, 0.6) is 0 Å². The standard InChI is InChI=1S/C18H24N4/c19-11-12-20-16-13-21-18(15-9-5-2-6-10-15)22-17(16)14-7-3-1-4-8-14/h1,3-4,7-8,13,15,20H,2,5-6,9-12,19H2. The van der Waals surface area contributed by atoms with Crippen LogP contribution in [0.1, 0.15) is 43.8 Å². The minimum atomic E-state index is 0.514. The molecule has 0 spiro atoms. The summed E-state index contributed by atoms with van der Waals surface area (Å²) in [4.78, 5) is 9.53. The molecule has 3 rings (SSSR count). The zero-order chi connectivity index (χ0) is 15.2. The Morgan fingerprint density at radius 3 is 2.59 bits per heavy atom. The highest BCUT2D eigenvalue weighted by atomic mass is 15.0. The lowest BCUT2D eigenvalue weighted by Crippen LogP contribution is -2.15. The topological polar surface area (TPSA) is 63.8 Å². The molecule has 3 N–H and O–H groups in total. The Hall–Kier alpha value is -1.94. The van der Waals surface area contributed by atoms with Crippen LogP contribution < -0.4 is 11.1 Å². The molecule has 1 aliphatic rings. The molecular formula is C18H24N4. The number of benzene rings is 1. The minimum Gasteiger partial charge on any atom is -0.381 e. The second kappa shape index (κ2) is 7.36. The van der Waals surface area contributed by atoms with Crippen LogP contribution in [0.25, 0.3) is 11.3 Å². The van der Waals surface area contributed by atoms with Crippen LogP contribution in [-0.2, 0) is 0 Å². The smallest absolute Gasteiger partial charge is 0.132 e. The maximum absolute atomic E-state index is 5.61. The van der Waals surface area contributed by atoms with Crippen molar-refractivity contribution in [3.63, 3.8) is 0 Å². The van der Waals surface area contributed by atoms with Gasteiger partial charge in [0.05, 0.1) is 17.6 Å². The Bertz CT molecular complexity index is 591. The van der Waals surface area contributed by atoms with E-state index in [-0.39, 0.29) is 0 Å². The van der Waals surface area contributed by atoms with E-state index in [0.717, 1.165) is 29.3 Å². The van der Waals surface area contributed by atoms with Gasteiger partial charge >= 0.3 is 0 Å². The molecule has 116 valence electrons. The number of nitrogens with zero attached hydrogens (tertiary/aromatic N) is 2. The summed E-state index contributed by atoms with van der Waals surface area (Å²) in [6.45, 7) is 1.32. The first kappa shape index (κ1) is 15.0. The first-order valence-electron chi connectivity index (χ1n) is 8.25. The van der Waals surface area contributed by atoms with E-state index in [0.29, 0.717) is 12.5 Å². The highest BCUT2D eigenvalue weighted by Gasteiger charge is 2.19. The van der Waals surface area contributed by atoms with Gasteiger partial charge < -0.3 is 11.1 Å². The summed E-state index contributed by atoms with van der Waals surface area (Å²) in [5.41, 5.74) is 8.69. The number of nitrogens with one attached hydrogen (secondary N) is 1. The molecule has 1 heterocycles. The lowest BCUT2D eigenvalue weighted by Gasteiger charge is -2.21. The number of hydrogen-bond acceptors (Lipinski definition) is 4. The van der Waals surface area contributed by atoms with E-state index < -0.39 is 0 Å². The largest absolute Gasteiger partial charge is 0.381 e. The van der Waals surface area contributed by atoms with Crippen molar-refractivity contribution in [1.29, 1.82) is 0 Å². The first-order chi connectivity index (χ1) is 10.9.